The van der Waals surface area contributed by atoms with E-state index in [1.807, 2.05) is 0 Å². The third kappa shape index (κ3) is 6.67. The number of carboxylic acid groups (broad SMARTS) is 1. The molecule has 0 aromatic heterocycles. The molecule has 0 aliphatic carbocycles. The van der Waals surface area contributed by atoms with Crippen molar-refractivity contribution in [1.29, 1.82) is 0 Å². The van der Waals surface area contributed by atoms with E-state index >= 15 is 0 Å². The van der Waals surface area contributed by atoms with E-state index in [1.165, 1.54) is 0 Å². The summed E-state index contributed by atoms with van der Waals surface area (Å²) in [7, 11) is -3.25. The standard InChI is InChI=1S/C10H18N2O5S2/c1-19(16,17)5-3-8(9(13)14)12-10(15)11-7-2-4-18-6-7/h7-8H,2-6H2,1H3,(H,13,14)(H2,11,12,15). The lowest BCUT2D eigenvalue weighted by atomic mass is 10.2. The lowest BCUT2D eigenvalue weighted by molar-refractivity contribution is -0.139. The van der Waals surface area contributed by atoms with Gasteiger partial charge >= 0.3 is 12.0 Å². The van der Waals surface area contributed by atoms with Crippen LogP contribution in [0.15, 0.2) is 0 Å². The lowest BCUT2D eigenvalue weighted by Crippen LogP contribution is -2.49. The van der Waals surface area contributed by atoms with Gasteiger partial charge in [0.05, 0.1) is 5.75 Å². The van der Waals surface area contributed by atoms with E-state index in [-0.39, 0.29) is 18.2 Å². The van der Waals surface area contributed by atoms with Crippen LogP contribution in [0.3, 0.4) is 0 Å². The van der Waals surface area contributed by atoms with Gasteiger partial charge in [-0.05, 0) is 18.6 Å². The normalized spacial score (nSPS) is 20.8. The summed E-state index contributed by atoms with van der Waals surface area (Å²) < 4.78 is 22.0. The Kier molecular flexibility index (Phi) is 5.92. The third-order valence-corrected chi connectivity index (χ3v) is 4.79. The first-order valence-corrected chi connectivity index (χ1v) is 9.05. The van der Waals surface area contributed by atoms with E-state index < -0.39 is 27.9 Å². The van der Waals surface area contributed by atoms with Gasteiger partial charge in [0.2, 0.25) is 0 Å². The molecule has 2 unspecified atom stereocenters. The molecule has 1 aliphatic rings. The molecule has 1 saturated heterocycles. The predicted octanol–water partition coefficient (Wildman–Crippen LogP) is -0.321. The molecule has 7 nitrogen and oxygen atoms in total. The number of rotatable bonds is 6. The minimum Gasteiger partial charge on any atom is -0.480 e. The number of sulfone groups is 1. The number of thioether (sulfide) groups is 1. The van der Waals surface area contributed by atoms with Gasteiger partial charge in [0.15, 0.2) is 0 Å². The summed E-state index contributed by atoms with van der Waals surface area (Å²) in [6.45, 7) is 0. The highest BCUT2D eigenvalue weighted by Crippen LogP contribution is 2.16. The Morgan fingerprint density at radius 3 is 2.63 bits per heavy atom. The Bertz CT molecular complexity index is 431. The average molecular weight is 310 g/mol. The van der Waals surface area contributed by atoms with Crippen LogP contribution in [0.5, 0.6) is 0 Å². The third-order valence-electron chi connectivity index (χ3n) is 2.65. The highest BCUT2D eigenvalue weighted by Gasteiger charge is 2.23. The van der Waals surface area contributed by atoms with Gasteiger partial charge < -0.3 is 15.7 Å². The van der Waals surface area contributed by atoms with Crippen molar-refractivity contribution in [3.05, 3.63) is 0 Å². The molecule has 0 spiro atoms. The topological polar surface area (TPSA) is 113 Å². The number of nitrogens with one attached hydrogen (secondary N) is 2. The average Bonchev–Trinajstić information content (AvgIpc) is 2.75. The second-order valence-corrected chi connectivity index (χ2v) is 7.90. The summed E-state index contributed by atoms with van der Waals surface area (Å²) in [6, 6.07) is -1.70. The van der Waals surface area contributed by atoms with Crippen molar-refractivity contribution < 1.29 is 23.1 Å². The van der Waals surface area contributed by atoms with Gasteiger partial charge in [-0.15, -0.1) is 0 Å². The molecule has 110 valence electrons. The van der Waals surface area contributed by atoms with Crippen molar-refractivity contribution in [2.45, 2.75) is 24.9 Å². The summed E-state index contributed by atoms with van der Waals surface area (Å²) in [4.78, 5) is 22.5. The van der Waals surface area contributed by atoms with E-state index in [4.69, 9.17) is 5.11 Å². The zero-order valence-electron chi connectivity index (χ0n) is 10.6. The number of carbonyl (C=O) groups is 2. The summed E-state index contributed by atoms with van der Waals surface area (Å²) in [5.41, 5.74) is 0. The van der Waals surface area contributed by atoms with E-state index in [1.54, 1.807) is 11.8 Å². The molecule has 1 rings (SSSR count). The number of amides is 2. The largest absolute Gasteiger partial charge is 0.480 e. The van der Waals surface area contributed by atoms with E-state index in [0.717, 1.165) is 24.2 Å². The van der Waals surface area contributed by atoms with Crippen LogP contribution in [0.4, 0.5) is 4.79 Å². The SMILES string of the molecule is CS(=O)(=O)CCC(NC(=O)NC1CCSC1)C(=O)O. The smallest absolute Gasteiger partial charge is 0.326 e. The Morgan fingerprint density at radius 2 is 2.16 bits per heavy atom. The van der Waals surface area contributed by atoms with Crippen LogP contribution >= 0.6 is 11.8 Å². The van der Waals surface area contributed by atoms with Crippen molar-refractivity contribution in [2.24, 2.45) is 0 Å². The first kappa shape index (κ1) is 16.1. The Balaban J connectivity index is 2.43. The molecule has 0 saturated carbocycles. The van der Waals surface area contributed by atoms with Crippen molar-refractivity contribution in [1.82, 2.24) is 10.6 Å². The number of carbonyl (C=O) groups excluding carboxylic acids is 1. The minimum absolute atomic E-state index is 0.0503. The predicted molar refractivity (Wildman–Crippen MR) is 73.1 cm³/mol. The van der Waals surface area contributed by atoms with Gasteiger partial charge in [0, 0.05) is 18.1 Å². The molecule has 0 aromatic carbocycles. The van der Waals surface area contributed by atoms with Crippen LogP contribution in [0.1, 0.15) is 12.8 Å². The molecule has 0 bridgehead atoms. The molecule has 9 heteroatoms. The first-order valence-electron chi connectivity index (χ1n) is 5.83. The Morgan fingerprint density at radius 1 is 1.47 bits per heavy atom. The van der Waals surface area contributed by atoms with Crippen LogP contribution < -0.4 is 10.6 Å². The van der Waals surface area contributed by atoms with Gasteiger partial charge in [-0.1, -0.05) is 0 Å². The maximum absolute atomic E-state index is 11.6. The molecule has 1 heterocycles. The molecule has 2 amide bonds. The van der Waals surface area contributed by atoms with Gasteiger partial charge in [0.25, 0.3) is 0 Å². The monoisotopic (exact) mass is 310 g/mol. The molecule has 3 N–H and O–H groups in total. The zero-order chi connectivity index (χ0) is 14.5. The lowest BCUT2D eigenvalue weighted by Gasteiger charge is -2.17. The fraction of sp³-hybridized carbons (Fsp3) is 0.800. The molecule has 1 fully saturated rings. The van der Waals surface area contributed by atoms with Crippen LogP contribution in [0.2, 0.25) is 0 Å². The van der Waals surface area contributed by atoms with Crippen LogP contribution in [0, 0.1) is 0 Å². The number of carboxylic acids is 1. The van der Waals surface area contributed by atoms with Crippen molar-refractivity contribution in [2.75, 3.05) is 23.5 Å². The number of aliphatic carboxylic acids is 1. The summed E-state index contributed by atoms with van der Waals surface area (Å²) >= 11 is 1.72. The van der Waals surface area contributed by atoms with Gasteiger partial charge in [-0.2, -0.15) is 11.8 Å². The van der Waals surface area contributed by atoms with Crippen molar-refractivity contribution >= 4 is 33.6 Å². The molecule has 2 atom stereocenters. The first-order chi connectivity index (χ1) is 8.78. The molecular formula is C10H18N2O5S2. The molecular weight excluding hydrogens is 292 g/mol. The van der Waals surface area contributed by atoms with Gasteiger partial charge in [0.1, 0.15) is 15.9 Å². The number of hydrogen-bond acceptors (Lipinski definition) is 5. The van der Waals surface area contributed by atoms with E-state index in [2.05, 4.69) is 10.6 Å². The van der Waals surface area contributed by atoms with Crippen LogP contribution in [-0.4, -0.2) is 61.1 Å². The number of hydrogen-bond donors (Lipinski definition) is 3. The summed E-state index contributed by atoms with van der Waals surface area (Å²) in [5, 5.41) is 13.9. The summed E-state index contributed by atoms with van der Waals surface area (Å²) in [6.07, 6.45) is 1.75. The Hall–Kier alpha value is -0.960. The van der Waals surface area contributed by atoms with Gasteiger partial charge in [-0.3, -0.25) is 0 Å². The van der Waals surface area contributed by atoms with Crippen LogP contribution in [-0.2, 0) is 14.6 Å². The quantitative estimate of drug-likeness (QED) is 0.620. The number of urea groups is 1. The highest BCUT2D eigenvalue weighted by molar-refractivity contribution is 7.99. The highest BCUT2D eigenvalue weighted by atomic mass is 32.2. The van der Waals surface area contributed by atoms with E-state index in [0.29, 0.717) is 0 Å². The minimum atomic E-state index is -3.25. The molecule has 19 heavy (non-hydrogen) atoms. The van der Waals surface area contributed by atoms with Crippen LogP contribution in [0.25, 0.3) is 0 Å². The molecule has 0 aromatic rings. The maximum atomic E-state index is 11.6. The van der Waals surface area contributed by atoms with Crippen molar-refractivity contribution in [3.63, 3.8) is 0 Å². The molecule has 1 aliphatic heterocycles. The second-order valence-electron chi connectivity index (χ2n) is 4.49. The zero-order valence-corrected chi connectivity index (χ0v) is 12.2. The molecule has 0 radical (unpaired) electrons. The summed E-state index contributed by atoms with van der Waals surface area (Å²) in [5.74, 6) is 0.277. The maximum Gasteiger partial charge on any atom is 0.326 e. The second kappa shape index (κ2) is 6.99. The van der Waals surface area contributed by atoms with Gasteiger partial charge in [-0.25, -0.2) is 18.0 Å². The Labute approximate surface area is 116 Å². The fourth-order valence-corrected chi connectivity index (χ4v) is 3.44. The van der Waals surface area contributed by atoms with Crippen molar-refractivity contribution in [3.8, 4) is 0 Å². The fourth-order valence-electron chi connectivity index (χ4n) is 1.62. The van der Waals surface area contributed by atoms with E-state index in [9.17, 15) is 18.0 Å².